The molecule has 1 aliphatic carbocycles. The van der Waals surface area contributed by atoms with Gasteiger partial charge in [-0.15, -0.1) is 0 Å². The minimum Gasteiger partial charge on any atom is -0.310 e. The molecule has 0 radical (unpaired) electrons. The fourth-order valence-corrected chi connectivity index (χ4v) is 10.9. The highest BCUT2D eigenvalue weighted by Gasteiger charge is 2.48. The Bertz CT molecular complexity index is 4030. The van der Waals surface area contributed by atoms with Crippen molar-refractivity contribution in [2.45, 2.75) is 5.41 Å². The van der Waals surface area contributed by atoms with Crippen molar-refractivity contribution in [3.8, 4) is 16.8 Å². The van der Waals surface area contributed by atoms with Gasteiger partial charge in [0.05, 0.1) is 29.0 Å². The molecule has 0 saturated heterocycles. The summed E-state index contributed by atoms with van der Waals surface area (Å²) in [5, 5.41) is 4.12. The molecule has 3 nitrogen and oxygen atoms in total. The minimum absolute atomic E-state index is 0.194. The van der Waals surface area contributed by atoms with Crippen LogP contribution in [0.25, 0.3) is 49.4 Å². The van der Waals surface area contributed by atoms with Gasteiger partial charge in [0.2, 0.25) is 0 Å². The maximum atomic E-state index is 10.0. The van der Waals surface area contributed by atoms with Gasteiger partial charge in [-0.1, -0.05) is 182 Å². The molecule has 0 bridgehead atoms. The lowest BCUT2D eigenvalue weighted by molar-refractivity contribution is 0.777. The van der Waals surface area contributed by atoms with Gasteiger partial charge in [-0.3, -0.25) is 0 Å². The van der Waals surface area contributed by atoms with Crippen molar-refractivity contribution < 1.29 is 6.85 Å². The Morgan fingerprint density at radius 1 is 0.368 bits per heavy atom. The first kappa shape index (κ1) is 34.4. The van der Waals surface area contributed by atoms with E-state index in [0.29, 0.717) is 0 Å². The van der Waals surface area contributed by atoms with Crippen LogP contribution in [-0.2, 0) is 5.41 Å². The molecule has 12 aromatic rings. The smallest absolute Gasteiger partial charge is 0.0720 e. The summed E-state index contributed by atoms with van der Waals surface area (Å²) in [6.07, 6.45) is 0. The number of fused-ring (bicyclic) bond motifs is 7. The molecule has 320 valence electrons. The lowest BCUT2D eigenvalue weighted by atomic mass is 9.66. The number of anilines is 6. The van der Waals surface area contributed by atoms with Gasteiger partial charge in [0.15, 0.2) is 0 Å². The maximum Gasteiger partial charge on any atom is 0.0720 e. The lowest BCUT2D eigenvalue weighted by Gasteiger charge is -2.35. The van der Waals surface area contributed by atoms with E-state index in [1.54, 1.807) is 0 Å². The Balaban J connectivity index is 1.20. The number of benzene rings is 11. The molecule has 3 heteroatoms. The van der Waals surface area contributed by atoms with Crippen LogP contribution in [0.4, 0.5) is 34.1 Å². The summed E-state index contributed by atoms with van der Waals surface area (Å²) in [6.45, 7) is 0. The van der Waals surface area contributed by atoms with Crippen molar-refractivity contribution in [1.29, 1.82) is 0 Å². The Kier molecular flexibility index (Phi) is 8.20. The summed E-state index contributed by atoms with van der Waals surface area (Å²) in [4.78, 5) is 4.54. The van der Waals surface area contributed by atoms with Gasteiger partial charge in [-0.05, 0) is 130 Å². The van der Waals surface area contributed by atoms with E-state index in [1.807, 2.05) is 66.7 Å². The van der Waals surface area contributed by atoms with Crippen LogP contribution in [-0.4, -0.2) is 4.57 Å². The Hall–Kier alpha value is -8.92. The zero-order chi connectivity index (χ0) is 49.4. The molecule has 68 heavy (non-hydrogen) atoms. The van der Waals surface area contributed by atoms with E-state index >= 15 is 0 Å². The van der Waals surface area contributed by atoms with Gasteiger partial charge in [-0.25, -0.2) is 0 Å². The lowest BCUT2D eigenvalue weighted by Crippen LogP contribution is -2.29. The van der Waals surface area contributed by atoms with Crippen LogP contribution in [0.5, 0.6) is 0 Å². The summed E-state index contributed by atoms with van der Waals surface area (Å²) >= 11 is 0. The number of aromatic nitrogens is 1. The van der Waals surface area contributed by atoms with Crippen LogP contribution < -0.4 is 9.80 Å². The van der Waals surface area contributed by atoms with E-state index in [-0.39, 0.29) is 29.7 Å². The topological polar surface area (TPSA) is 11.4 Å². The molecule has 1 atom stereocenters. The monoisotopic (exact) mass is 872 g/mol. The van der Waals surface area contributed by atoms with Gasteiger partial charge in [0.1, 0.15) is 0 Å². The van der Waals surface area contributed by atoms with E-state index in [0.717, 1.165) is 100 Å². The Labute approximate surface area is 403 Å². The molecule has 1 aromatic heterocycles. The van der Waals surface area contributed by atoms with Gasteiger partial charge < -0.3 is 14.4 Å². The standard InChI is InChI=1S/C65H45N3/c1-6-24-47(25-7-1)65(60-36-21-39-63-64(60)55-35-18-19-37-62(55)68(63)51-32-14-5-15-33-51)58-42-40-52(66(48-26-8-2-9-27-48)49-28-10-3-11-29-49)44-56(58)57-45-53(41-43-59(57)65)67(50-30-12-4-13-31-50)61-38-20-23-46-22-16-17-34-54(46)61/h1-45H/i1D,6D,7D,24D,25D. The van der Waals surface area contributed by atoms with E-state index in [4.69, 9.17) is 1.37 Å². The quantitative estimate of drug-likeness (QED) is 0.143. The molecule has 1 aliphatic rings. The van der Waals surface area contributed by atoms with Crippen LogP contribution in [0.3, 0.4) is 0 Å². The highest BCUT2D eigenvalue weighted by molar-refractivity contribution is 6.13. The SMILES string of the molecule is [2H]c1c([2H])c([2H])c(C2(c3cccc4c3c3ccccc3n4-c3ccccc3)c3ccc(N(c4ccccc4)c4ccccc4)cc3-c3cc(N(c4ccccc4)c4cccc5ccccc45)ccc32)c([2H])c1[2H]. The minimum atomic E-state index is -1.44. The zero-order valence-corrected chi connectivity index (χ0v) is 36.9. The average Bonchev–Trinajstić information content (AvgIpc) is 3.94. The van der Waals surface area contributed by atoms with Crippen molar-refractivity contribution in [1.82, 2.24) is 4.57 Å². The van der Waals surface area contributed by atoms with E-state index < -0.39 is 11.5 Å². The molecule has 11 aromatic carbocycles. The highest BCUT2D eigenvalue weighted by Crippen LogP contribution is 2.60. The zero-order valence-electron chi connectivity index (χ0n) is 41.9. The summed E-state index contributed by atoms with van der Waals surface area (Å²) in [5.74, 6) is 0. The second-order valence-electron chi connectivity index (χ2n) is 17.3. The fraction of sp³-hybridized carbons (Fsp3) is 0.0154. The molecular formula is C65H45N3. The maximum absolute atomic E-state index is 10.0. The second kappa shape index (κ2) is 16.2. The van der Waals surface area contributed by atoms with Crippen molar-refractivity contribution in [2.75, 3.05) is 9.80 Å². The first-order chi connectivity index (χ1) is 35.8. The number of hydrogen-bond acceptors (Lipinski definition) is 2. The third-order valence-electron chi connectivity index (χ3n) is 13.7. The van der Waals surface area contributed by atoms with Crippen LogP contribution in [0.1, 0.15) is 29.1 Å². The van der Waals surface area contributed by atoms with Gasteiger partial charge in [0.25, 0.3) is 0 Å². The Morgan fingerprint density at radius 3 is 1.51 bits per heavy atom. The first-order valence-corrected chi connectivity index (χ1v) is 23.0. The van der Waals surface area contributed by atoms with Crippen molar-refractivity contribution in [3.63, 3.8) is 0 Å². The molecule has 1 unspecified atom stereocenters. The number of para-hydroxylation sites is 5. The van der Waals surface area contributed by atoms with Crippen LogP contribution >= 0.6 is 0 Å². The van der Waals surface area contributed by atoms with E-state index in [1.165, 1.54) is 0 Å². The van der Waals surface area contributed by atoms with E-state index in [9.17, 15) is 5.48 Å². The van der Waals surface area contributed by atoms with Crippen LogP contribution in [0, 0.1) is 0 Å². The van der Waals surface area contributed by atoms with Crippen LogP contribution in [0.15, 0.2) is 273 Å². The molecule has 0 saturated carbocycles. The summed E-state index contributed by atoms with van der Waals surface area (Å²) in [5.41, 5.74) is 11.6. The van der Waals surface area contributed by atoms with Crippen molar-refractivity contribution in [2.24, 2.45) is 0 Å². The Morgan fingerprint density at radius 2 is 0.868 bits per heavy atom. The molecule has 0 aliphatic heterocycles. The highest BCUT2D eigenvalue weighted by atomic mass is 15.1. The van der Waals surface area contributed by atoms with Gasteiger partial charge in [-0.2, -0.15) is 0 Å². The third-order valence-corrected chi connectivity index (χ3v) is 13.7. The third kappa shape index (κ3) is 6.13. The molecular weight excluding hydrogens is 823 g/mol. The van der Waals surface area contributed by atoms with Gasteiger partial charge >= 0.3 is 0 Å². The fourth-order valence-electron chi connectivity index (χ4n) is 10.9. The largest absolute Gasteiger partial charge is 0.310 e. The summed E-state index contributed by atoms with van der Waals surface area (Å²) in [6, 6.07) is 82.1. The molecule has 1 heterocycles. The molecule has 0 spiro atoms. The summed E-state index contributed by atoms with van der Waals surface area (Å²) in [7, 11) is 0. The van der Waals surface area contributed by atoms with Crippen molar-refractivity contribution >= 4 is 66.7 Å². The van der Waals surface area contributed by atoms with Crippen molar-refractivity contribution in [3.05, 3.63) is 295 Å². The number of hydrogen-bond donors (Lipinski definition) is 0. The average molecular weight is 873 g/mol. The second-order valence-corrected chi connectivity index (χ2v) is 17.3. The molecule has 0 amide bonds. The van der Waals surface area contributed by atoms with Crippen LogP contribution in [0.2, 0.25) is 0 Å². The normalized spacial score (nSPS) is 15.0. The van der Waals surface area contributed by atoms with Gasteiger partial charge in [0, 0.05) is 50.3 Å². The molecule has 0 fully saturated rings. The summed E-state index contributed by atoms with van der Waals surface area (Å²) < 4.78 is 49.9. The predicted molar refractivity (Wildman–Crippen MR) is 285 cm³/mol. The predicted octanol–water partition coefficient (Wildman–Crippen LogP) is 17.2. The first-order valence-electron chi connectivity index (χ1n) is 25.5. The number of rotatable bonds is 9. The molecule has 0 N–H and O–H groups in total. The van der Waals surface area contributed by atoms with E-state index in [2.05, 4.69) is 190 Å². The molecule has 13 rings (SSSR count). The number of nitrogens with zero attached hydrogens (tertiary/aromatic N) is 3.